The molecule has 0 spiro atoms. The summed E-state index contributed by atoms with van der Waals surface area (Å²) in [6, 6.07) is 9.82. The Labute approximate surface area is 213 Å². The summed E-state index contributed by atoms with van der Waals surface area (Å²) in [6.45, 7) is 9.44. The molecular weight excluding hydrogens is 456 g/mol. The van der Waals surface area contributed by atoms with Gasteiger partial charge in [0, 0.05) is 43.1 Å². The third kappa shape index (κ3) is 5.12. The van der Waals surface area contributed by atoms with Gasteiger partial charge in [0.25, 0.3) is 0 Å². The lowest BCUT2D eigenvalue weighted by Crippen LogP contribution is -2.68. The van der Waals surface area contributed by atoms with E-state index in [1.807, 2.05) is 37.3 Å². The summed E-state index contributed by atoms with van der Waals surface area (Å²) in [5.74, 6) is 1.09. The van der Waals surface area contributed by atoms with E-state index < -0.39 is 11.0 Å². The maximum absolute atomic E-state index is 12.9. The van der Waals surface area contributed by atoms with Gasteiger partial charge in [0.05, 0.1) is 13.4 Å². The number of ether oxygens (including phenoxy) is 2. The Kier molecular flexibility index (Phi) is 7.69. The molecule has 3 atom stereocenters. The van der Waals surface area contributed by atoms with Crippen LogP contribution in [0.15, 0.2) is 59.7 Å². The van der Waals surface area contributed by atoms with Crippen LogP contribution in [0.25, 0.3) is 6.08 Å². The summed E-state index contributed by atoms with van der Waals surface area (Å²) < 4.78 is 17.1. The SMILES string of the molecule is C=CCN1CC[C@@]2(c3cccc(OC)c3)C[C@H](NC(=O)/C=C/c3ccoc3C)CC[C@]2(OC(C)=O)C1. The number of esters is 1. The average Bonchev–Trinajstić information content (AvgIpc) is 3.27. The summed E-state index contributed by atoms with van der Waals surface area (Å²) >= 11 is 0. The van der Waals surface area contributed by atoms with Crippen molar-refractivity contribution in [3.8, 4) is 5.75 Å². The zero-order valence-corrected chi connectivity index (χ0v) is 21.4. The number of methoxy groups -OCH3 is 1. The van der Waals surface area contributed by atoms with Crippen molar-refractivity contribution in [3.05, 3.63) is 72.2 Å². The number of nitrogens with one attached hydrogen (secondary N) is 1. The number of benzene rings is 1. The monoisotopic (exact) mass is 492 g/mol. The highest BCUT2D eigenvalue weighted by Gasteiger charge is 2.60. The van der Waals surface area contributed by atoms with E-state index in [4.69, 9.17) is 13.9 Å². The van der Waals surface area contributed by atoms with Gasteiger partial charge in [-0.15, -0.1) is 6.58 Å². The molecule has 4 rings (SSSR count). The first kappa shape index (κ1) is 25.8. The van der Waals surface area contributed by atoms with Crippen LogP contribution in [0.2, 0.25) is 0 Å². The molecule has 1 saturated heterocycles. The van der Waals surface area contributed by atoms with Crippen molar-refractivity contribution in [2.75, 3.05) is 26.7 Å². The number of likely N-dealkylation sites (tertiary alicyclic amines) is 1. The standard InChI is InChI=1S/C29H36N2O5/c1-5-15-31-16-14-28(24-7-6-8-26(18-24)34-4)19-25(11-13-29(28,20-31)36-22(3)32)30-27(33)10-9-23-12-17-35-21(23)2/h5-10,12,17-18,25H,1,11,13-16,19-20H2,2-4H3,(H,30,33)/b10-9+/t25-,28+,29+/m1/s1. The van der Waals surface area contributed by atoms with Crippen LogP contribution in [0.5, 0.6) is 5.75 Å². The topological polar surface area (TPSA) is 81.0 Å². The number of aryl methyl sites for hydroxylation is 1. The van der Waals surface area contributed by atoms with Crippen molar-refractivity contribution in [3.63, 3.8) is 0 Å². The number of carbonyl (C=O) groups is 2. The molecule has 192 valence electrons. The van der Waals surface area contributed by atoms with E-state index in [0.29, 0.717) is 25.8 Å². The molecule has 1 aromatic heterocycles. The van der Waals surface area contributed by atoms with Gasteiger partial charge in [-0.25, -0.2) is 0 Å². The number of piperidine rings is 1. The molecule has 1 N–H and O–H groups in total. The summed E-state index contributed by atoms with van der Waals surface area (Å²) in [6.07, 6.45) is 9.64. The Hall–Kier alpha value is -3.32. The molecule has 2 aliphatic rings. The molecule has 1 saturated carbocycles. The summed E-state index contributed by atoms with van der Waals surface area (Å²) in [5, 5.41) is 3.21. The van der Waals surface area contributed by atoms with Gasteiger partial charge < -0.3 is 19.2 Å². The van der Waals surface area contributed by atoms with Gasteiger partial charge in [-0.2, -0.15) is 0 Å². The zero-order chi connectivity index (χ0) is 25.8. The molecule has 7 heteroatoms. The molecule has 2 fully saturated rings. The molecule has 36 heavy (non-hydrogen) atoms. The second-order valence-electron chi connectivity index (χ2n) is 9.89. The molecule has 2 heterocycles. The third-order valence-electron chi connectivity index (χ3n) is 7.71. The normalized spacial score (nSPS) is 26.2. The first-order valence-electron chi connectivity index (χ1n) is 12.5. The van der Waals surface area contributed by atoms with Gasteiger partial charge >= 0.3 is 5.97 Å². The number of rotatable bonds is 8. The second-order valence-corrected chi connectivity index (χ2v) is 9.89. The number of hydrogen-bond acceptors (Lipinski definition) is 6. The van der Waals surface area contributed by atoms with E-state index in [-0.39, 0.29) is 17.9 Å². The van der Waals surface area contributed by atoms with Crippen molar-refractivity contribution in [1.29, 1.82) is 0 Å². The molecule has 1 amide bonds. The average molecular weight is 493 g/mol. The van der Waals surface area contributed by atoms with Crippen LogP contribution in [-0.2, 0) is 19.7 Å². The minimum Gasteiger partial charge on any atom is -0.497 e. The lowest BCUT2D eigenvalue weighted by atomic mass is 9.55. The first-order valence-corrected chi connectivity index (χ1v) is 12.5. The highest BCUT2D eigenvalue weighted by atomic mass is 16.6. The molecule has 2 aromatic rings. The van der Waals surface area contributed by atoms with Gasteiger partial charge in [-0.3, -0.25) is 14.5 Å². The molecule has 7 nitrogen and oxygen atoms in total. The Morgan fingerprint density at radius 1 is 1.31 bits per heavy atom. The van der Waals surface area contributed by atoms with Gasteiger partial charge in [0.15, 0.2) is 0 Å². The summed E-state index contributed by atoms with van der Waals surface area (Å²) in [7, 11) is 1.65. The third-order valence-corrected chi connectivity index (χ3v) is 7.71. The maximum atomic E-state index is 12.9. The van der Waals surface area contributed by atoms with Crippen LogP contribution >= 0.6 is 0 Å². The van der Waals surface area contributed by atoms with Crippen LogP contribution in [-0.4, -0.2) is 55.2 Å². The zero-order valence-electron chi connectivity index (χ0n) is 21.4. The predicted molar refractivity (Wildman–Crippen MR) is 139 cm³/mol. The second kappa shape index (κ2) is 10.7. The molecular formula is C29H36N2O5. The molecule has 0 unspecified atom stereocenters. The number of carbonyl (C=O) groups excluding carboxylic acids is 2. The van der Waals surface area contributed by atoms with Gasteiger partial charge in [-0.1, -0.05) is 18.2 Å². The fourth-order valence-electron chi connectivity index (χ4n) is 6.05. The summed E-state index contributed by atoms with van der Waals surface area (Å²) in [5.41, 5.74) is 0.776. The van der Waals surface area contributed by atoms with Gasteiger partial charge in [0.1, 0.15) is 17.1 Å². The van der Waals surface area contributed by atoms with Crippen LogP contribution < -0.4 is 10.1 Å². The van der Waals surface area contributed by atoms with E-state index in [9.17, 15) is 9.59 Å². The molecule has 1 aliphatic heterocycles. The van der Waals surface area contributed by atoms with Crippen LogP contribution in [0, 0.1) is 6.92 Å². The fourth-order valence-corrected chi connectivity index (χ4v) is 6.05. The van der Waals surface area contributed by atoms with Crippen molar-refractivity contribution in [1.82, 2.24) is 10.2 Å². The van der Waals surface area contributed by atoms with Crippen molar-refractivity contribution in [2.45, 2.75) is 56.6 Å². The minimum absolute atomic E-state index is 0.0616. The van der Waals surface area contributed by atoms with Crippen molar-refractivity contribution >= 4 is 18.0 Å². The molecule has 0 bridgehead atoms. The number of nitrogens with zero attached hydrogens (tertiary/aromatic N) is 1. The lowest BCUT2D eigenvalue weighted by molar-refractivity contribution is -0.186. The number of furan rings is 1. The minimum atomic E-state index is -0.711. The quantitative estimate of drug-likeness (QED) is 0.334. The predicted octanol–water partition coefficient (Wildman–Crippen LogP) is 4.41. The molecule has 0 radical (unpaired) electrons. The van der Waals surface area contributed by atoms with Gasteiger partial charge in [0.2, 0.25) is 5.91 Å². The Morgan fingerprint density at radius 3 is 2.83 bits per heavy atom. The first-order chi connectivity index (χ1) is 17.3. The van der Waals surface area contributed by atoms with E-state index in [2.05, 4.69) is 22.9 Å². The van der Waals surface area contributed by atoms with Crippen LogP contribution in [0.1, 0.15) is 49.5 Å². The highest BCUT2D eigenvalue weighted by molar-refractivity contribution is 5.92. The number of hydrogen-bond donors (Lipinski definition) is 1. The van der Waals surface area contributed by atoms with E-state index >= 15 is 0 Å². The lowest BCUT2D eigenvalue weighted by Gasteiger charge is -2.59. The molecule has 1 aliphatic carbocycles. The van der Waals surface area contributed by atoms with Crippen molar-refractivity contribution in [2.24, 2.45) is 0 Å². The van der Waals surface area contributed by atoms with E-state index in [0.717, 1.165) is 42.1 Å². The highest BCUT2D eigenvalue weighted by Crippen LogP contribution is 2.54. The Bertz CT molecular complexity index is 1140. The largest absolute Gasteiger partial charge is 0.497 e. The number of amides is 1. The smallest absolute Gasteiger partial charge is 0.303 e. The van der Waals surface area contributed by atoms with Crippen LogP contribution in [0.3, 0.4) is 0 Å². The van der Waals surface area contributed by atoms with Crippen molar-refractivity contribution < 1.29 is 23.5 Å². The van der Waals surface area contributed by atoms with Crippen LogP contribution in [0.4, 0.5) is 0 Å². The molecule has 1 aromatic carbocycles. The Morgan fingerprint density at radius 2 is 2.14 bits per heavy atom. The summed E-state index contributed by atoms with van der Waals surface area (Å²) in [4.78, 5) is 27.6. The van der Waals surface area contributed by atoms with Gasteiger partial charge in [-0.05, 0) is 69.0 Å². The fraction of sp³-hybridized carbons (Fsp3) is 0.448. The number of fused-ring (bicyclic) bond motifs is 1. The maximum Gasteiger partial charge on any atom is 0.303 e. The van der Waals surface area contributed by atoms with E-state index in [1.54, 1.807) is 25.5 Å². The van der Waals surface area contributed by atoms with E-state index in [1.165, 1.54) is 6.92 Å². The Balaban J connectivity index is 1.66.